The summed E-state index contributed by atoms with van der Waals surface area (Å²) >= 11 is 0. The van der Waals surface area contributed by atoms with Crippen LogP contribution in [-0.4, -0.2) is 27.9 Å². The monoisotopic (exact) mass is 295 g/mol. The number of carbonyl (C=O) groups excluding carboxylic acids is 1. The third-order valence-electron chi connectivity index (χ3n) is 2.76. The zero-order valence-corrected chi connectivity index (χ0v) is 12.6. The molecule has 0 aliphatic heterocycles. The molecule has 1 unspecified atom stereocenters. The summed E-state index contributed by atoms with van der Waals surface area (Å²) in [4.78, 5) is 22.7. The fraction of sp³-hybridized carbons (Fsp3) is 0.467. The molecule has 6 nitrogen and oxygen atoms in total. The van der Waals surface area contributed by atoms with Crippen molar-refractivity contribution in [2.45, 2.75) is 45.9 Å². The van der Waals surface area contributed by atoms with Crippen LogP contribution in [0.2, 0.25) is 0 Å². The lowest BCUT2D eigenvalue weighted by atomic mass is 10.0. The lowest BCUT2D eigenvalue weighted by Crippen LogP contribution is -2.34. The second-order valence-corrected chi connectivity index (χ2v) is 5.75. The lowest BCUT2D eigenvalue weighted by molar-refractivity contribution is 0.0507. The van der Waals surface area contributed by atoms with Gasteiger partial charge in [-0.2, -0.15) is 0 Å². The Morgan fingerprint density at radius 3 is 2.43 bits per heavy atom. The smallest absolute Gasteiger partial charge is 0.408 e. The van der Waals surface area contributed by atoms with E-state index in [1.807, 2.05) is 0 Å². The Kier molecular flexibility index (Phi) is 5.32. The van der Waals surface area contributed by atoms with Gasteiger partial charge in [0.1, 0.15) is 5.60 Å². The normalized spacial score (nSPS) is 12.6. The van der Waals surface area contributed by atoms with Gasteiger partial charge in [0.05, 0.1) is 18.2 Å². The quantitative estimate of drug-likeness (QED) is 0.793. The maximum atomic E-state index is 11.7. The molecule has 0 aliphatic carbocycles. The number of hydrogen-bond donors (Lipinski definition) is 3. The number of benzene rings is 1. The summed E-state index contributed by atoms with van der Waals surface area (Å²) in [5, 5.41) is 20.9. The molecule has 0 saturated carbocycles. The summed E-state index contributed by atoms with van der Waals surface area (Å²) in [5.41, 5.74) is 0.450. The standard InChI is InChI=1S/C15H21NO5/c1-9(16-14(20)21-15(2,3)4)10-5-6-12(13(18)19)11(7-10)8-17/h5-7,9,17H,8H2,1-4H3,(H,16,20)(H,18,19). The van der Waals surface area contributed by atoms with Crippen molar-refractivity contribution in [2.75, 3.05) is 0 Å². The fourth-order valence-corrected chi connectivity index (χ4v) is 1.79. The van der Waals surface area contributed by atoms with Gasteiger partial charge in [-0.25, -0.2) is 9.59 Å². The molecular formula is C15H21NO5. The molecule has 0 bridgehead atoms. The van der Waals surface area contributed by atoms with Crippen molar-refractivity contribution in [3.63, 3.8) is 0 Å². The molecular weight excluding hydrogens is 274 g/mol. The summed E-state index contributed by atoms with van der Waals surface area (Å²) in [6.45, 7) is 6.67. The minimum atomic E-state index is -1.10. The molecule has 0 radical (unpaired) electrons. The number of amides is 1. The second kappa shape index (κ2) is 6.58. The largest absolute Gasteiger partial charge is 0.478 e. The average Bonchev–Trinajstić information content (AvgIpc) is 2.35. The molecule has 1 atom stereocenters. The van der Waals surface area contributed by atoms with Crippen LogP contribution in [0, 0.1) is 0 Å². The third kappa shape index (κ3) is 5.07. The van der Waals surface area contributed by atoms with Crippen molar-refractivity contribution in [1.29, 1.82) is 0 Å². The Morgan fingerprint density at radius 1 is 1.33 bits per heavy atom. The average molecular weight is 295 g/mol. The molecule has 0 spiro atoms. The number of ether oxygens (including phenoxy) is 1. The van der Waals surface area contributed by atoms with Crippen LogP contribution in [0.25, 0.3) is 0 Å². The predicted molar refractivity (Wildman–Crippen MR) is 77.1 cm³/mol. The highest BCUT2D eigenvalue weighted by Crippen LogP contribution is 2.19. The van der Waals surface area contributed by atoms with Gasteiger partial charge >= 0.3 is 12.1 Å². The fourth-order valence-electron chi connectivity index (χ4n) is 1.79. The van der Waals surface area contributed by atoms with Crippen LogP contribution >= 0.6 is 0 Å². The first-order valence-corrected chi connectivity index (χ1v) is 6.60. The van der Waals surface area contributed by atoms with Gasteiger partial charge in [0.15, 0.2) is 0 Å². The van der Waals surface area contributed by atoms with Crippen molar-refractivity contribution >= 4 is 12.1 Å². The zero-order chi connectivity index (χ0) is 16.2. The second-order valence-electron chi connectivity index (χ2n) is 5.75. The van der Waals surface area contributed by atoms with E-state index in [1.165, 1.54) is 6.07 Å². The highest BCUT2D eigenvalue weighted by atomic mass is 16.6. The lowest BCUT2D eigenvalue weighted by Gasteiger charge is -2.22. The van der Waals surface area contributed by atoms with Gasteiger partial charge in [0.25, 0.3) is 0 Å². The van der Waals surface area contributed by atoms with E-state index >= 15 is 0 Å². The van der Waals surface area contributed by atoms with E-state index in [9.17, 15) is 14.7 Å². The van der Waals surface area contributed by atoms with E-state index in [-0.39, 0.29) is 18.2 Å². The topological polar surface area (TPSA) is 95.9 Å². The summed E-state index contributed by atoms with van der Waals surface area (Å²) in [6, 6.07) is 4.21. The number of nitrogens with one attached hydrogen (secondary N) is 1. The number of carboxylic acids is 1. The van der Waals surface area contributed by atoms with Gasteiger partial charge < -0.3 is 20.3 Å². The SMILES string of the molecule is CC(NC(=O)OC(C)(C)C)c1ccc(C(=O)O)c(CO)c1. The first kappa shape index (κ1) is 17.0. The number of rotatable bonds is 4. The Bertz CT molecular complexity index is 533. The van der Waals surface area contributed by atoms with Crippen molar-refractivity contribution in [2.24, 2.45) is 0 Å². The number of carboxylic acid groups (broad SMARTS) is 1. The highest BCUT2D eigenvalue weighted by molar-refractivity contribution is 5.89. The van der Waals surface area contributed by atoms with Crippen LogP contribution < -0.4 is 5.32 Å². The Balaban J connectivity index is 2.86. The van der Waals surface area contributed by atoms with Crippen molar-refractivity contribution in [3.05, 3.63) is 34.9 Å². The number of aliphatic hydroxyl groups excluding tert-OH is 1. The van der Waals surface area contributed by atoms with Gasteiger partial charge in [-0.3, -0.25) is 0 Å². The van der Waals surface area contributed by atoms with E-state index in [4.69, 9.17) is 9.84 Å². The van der Waals surface area contributed by atoms with Crippen LogP contribution in [0.1, 0.15) is 55.2 Å². The summed E-state index contributed by atoms with van der Waals surface area (Å²) < 4.78 is 5.15. The highest BCUT2D eigenvalue weighted by Gasteiger charge is 2.19. The molecule has 1 rings (SSSR count). The molecule has 0 aromatic heterocycles. The number of carbonyl (C=O) groups is 2. The van der Waals surface area contributed by atoms with Crippen molar-refractivity contribution < 1.29 is 24.5 Å². The number of alkyl carbamates (subject to hydrolysis) is 1. The van der Waals surface area contributed by atoms with E-state index < -0.39 is 17.7 Å². The van der Waals surface area contributed by atoms with Gasteiger partial charge in [-0.05, 0) is 44.9 Å². The van der Waals surface area contributed by atoms with E-state index in [0.717, 1.165) is 0 Å². The summed E-state index contributed by atoms with van der Waals surface area (Å²) in [5.74, 6) is -1.10. The molecule has 116 valence electrons. The predicted octanol–water partition coefficient (Wildman–Crippen LogP) is 2.46. The van der Waals surface area contributed by atoms with Gasteiger partial charge in [0, 0.05) is 0 Å². The Labute approximate surface area is 123 Å². The van der Waals surface area contributed by atoms with Gasteiger partial charge in [-0.1, -0.05) is 12.1 Å². The van der Waals surface area contributed by atoms with Crippen LogP contribution in [0.15, 0.2) is 18.2 Å². The van der Waals surface area contributed by atoms with E-state index in [0.29, 0.717) is 11.1 Å². The zero-order valence-electron chi connectivity index (χ0n) is 12.6. The molecule has 1 aromatic carbocycles. The molecule has 0 saturated heterocycles. The number of aliphatic hydroxyl groups is 1. The molecule has 0 fully saturated rings. The molecule has 3 N–H and O–H groups in total. The molecule has 0 aliphatic rings. The molecule has 21 heavy (non-hydrogen) atoms. The summed E-state index contributed by atoms with van der Waals surface area (Å²) in [7, 11) is 0. The Hall–Kier alpha value is -2.08. The molecule has 1 amide bonds. The number of aromatic carboxylic acids is 1. The third-order valence-corrected chi connectivity index (χ3v) is 2.76. The maximum Gasteiger partial charge on any atom is 0.408 e. The molecule has 1 aromatic rings. The van der Waals surface area contributed by atoms with Crippen LogP contribution in [0.3, 0.4) is 0 Å². The number of hydrogen-bond acceptors (Lipinski definition) is 4. The first-order chi connectivity index (χ1) is 9.64. The minimum Gasteiger partial charge on any atom is -0.478 e. The van der Waals surface area contributed by atoms with E-state index in [1.54, 1.807) is 39.8 Å². The summed E-state index contributed by atoms with van der Waals surface area (Å²) in [6.07, 6.45) is -0.553. The Morgan fingerprint density at radius 2 is 1.95 bits per heavy atom. The van der Waals surface area contributed by atoms with Crippen LogP contribution in [-0.2, 0) is 11.3 Å². The van der Waals surface area contributed by atoms with Crippen LogP contribution in [0.4, 0.5) is 4.79 Å². The first-order valence-electron chi connectivity index (χ1n) is 6.60. The molecule has 6 heteroatoms. The van der Waals surface area contributed by atoms with E-state index in [2.05, 4.69) is 5.32 Å². The minimum absolute atomic E-state index is 0.0470. The van der Waals surface area contributed by atoms with Crippen molar-refractivity contribution in [1.82, 2.24) is 5.32 Å². The van der Waals surface area contributed by atoms with Gasteiger partial charge in [0.2, 0.25) is 0 Å². The van der Waals surface area contributed by atoms with Crippen molar-refractivity contribution in [3.8, 4) is 0 Å². The molecule has 0 heterocycles. The van der Waals surface area contributed by atoms with Gasteiger partial charge in [-0.15, -0.1) is 0 Å². The van der Waals surface area contributed by atoms with Crippen LogP contribution in [0.5, 0.6) is 0 Å². The maximum absolute atomic E-state index is 11.7.